The second kappa shape index (κ2) is 4.94. The van der Waals surface area contributed by atoms with Crippen molar-refractivity contribution >= 4 is 15.5 Å². The third kappa shape index (κ3) is 2.53. The molecule has 2 heterocycles. The summed E-state index contributed by atoms with van der Waals surface area (Å²) in [5, 5.41) is 13.5. The zero-order valence-corrected chi connectivity index (χ0v) is 12.1. The Morgan fingerprint density at radius 1 is 1.19 bits per heavy atom. The normalized spacial score (nSPS) is 11.9. The molecule has 0 radical (unpaired) electrons. The monoisotopic (exact) mass is 303 g/mol. The number of rotatable bonds is 3. The highest BCUT2D eigenvalue weighted by atomic mass is 32.2. The Morgan fingerprint density at radius 3 is 2.52 bits per heavy atom. The smallest absolute Gasteiger partial charge is 0.175 e. The number of benzene rings is 1. The maximum absolute atomic E-state index is 11.5. The zero-order chi connectivity index (χ0) is 15.0. The summed E-state index contributed by atoms with van der Waals surface area (Å²) in [7, 11) is -3.21. The molecule has 0 aliphatic rings. The topological polar surface area (TPSA) is 84.6 Å². The van der Waals surface area contributed by atoms with Crippen LogP contribution in [0, 0.1) is 0 Å². The Bertz CT molecular complexity index is 899. The van der Waals surface area contributed by atoms with Crippen LogP contribution in [0.2, 0.25) is 0 Å². The number of aromatic nitrogens is 3. The molecule has 0 saturated heterocycles. The average molecular weight is 303 g/mol. The van der Waals surface area contributed by atoms with E-state index in [-0.39, 0.29) is 11.5 Å². The van der Waals surface area contributed by atoms with Crippen LogP contribution in [-0.2, 0) is 16.4 Å². The first-order valence-electron chi connectivity index (χ1n) is 6.22. The lowest BCUT2D eigenvalue weighted by molar-refractivity contribution is 0.282. The van der Waals surface area contributed by atoms with Crippen molar-refractivity contribution < 1.29 is 13.5 Å². The standard InChI is InChI=1S/C14H13N3O3S/c1-21(19,20)13-4-2-10(3-5-13)11-6-12(8-18)14-15-9-16-17(14)7-11/h2-7,9,18H,8H2,1H3. The lowest BCUT2D eigenvalue weighted by Gasteiger charge is -2.07. The van der Waals surface area contributed by atoms with Gasteiger partial charge in [-0.3, -0.25) is 0 Å². The van der Waals surface area contributed by atoms with Gasteiger partial charge in [0.15, 0.2) is 15.5 Å². The van der Waals surface area contributed by atoms with E-state index in [2.05, 4.69) is 10.1 Å². The summed E-state index contributed by atoms with van der Waals surface area (Å²) in [5.74, 6) is 0. The first-order valence-corrected chi connectivity index (χ1v) is 8.12. The van der Waals surface area contributed by atoms with Crippen LogP contribution >= 0.6 is 0 Å². The molecule has 1 aromatic carbocycles. The number of aliphatic hydroxyl groups is 1. The number of fused-ring (bicyclic) bond motifs is 1. The minimum absolute atomic E-state index is 0.141. The van der Waals surface area contributed by atoms with Gasteiger partial charge in [-0.15, -0.1) is 0 Å². The van der Waals surface area contributed by atoms with Gasteiger partial charge < -0.3 is 5.11 Å². The third-order valence-electron chi connectivity index (χ3n) is 3.24. The van der Waals surface area contributed by atoms with Crippen LogP contribution in [0.25, 0.3) is 16.8 Å². The second-order valence-electron chi connectivity index (χ2n) is 4.74. The van der Waals surface area contributed by atoms with Gasteiger partial charge in [-0.25, -0.2) is 17.9 Å². The average Bonchev–Trinajstić information content (AvgIpc) is 2.93. The van der Waals surface area contributed by atoms with E-state index in [0.29, 0.717) is 11.2 Å². The Hall–Kier alpha value is -2.25. The summed E-state index contributed by atoms with van der Waals surface area (Å²) < 4.78 is 24.5. The van der Waals surface area contributed by atoms with Crippen LogP contribution in [0.4, 0.5) is 0 Å². The highest BCUT2D eigenvalue weighted by molar-refractivity contribution is 7.90. The van der Waals surface area contributed by atoms with Crippen LogP contribution in [0.5, 0.6) is 0 Å². The lowest BCUT2D eigenvalue weighted by atomic mass is 10.1. The van der Waals surface area contributed by atoms with Gasteiger partial charge in [0.25, 0.3) is 0 Å². The molecule has 7 heteroatoms. The summed E-state index contributed by atoms with van der Waals surface area (Å²) >= 11 is 0. The molecule has 0 unspecified atom stereocenters. The number of aliphatic hydroxyl groups excluding tert-OH is 1. The lowest BCUT2D eigenvalue weighted by Crippen LogP contribution is -1.98. The molecule has 1 N–H and O–H groups in total. The molecule has 0 atom stereocenters. The molecule has 0 amide bonds. The van der Waals surface area contributed by atoms with Crippen molar-refractivity contribution in [2.45, 2.75) is 11.5 Å². The fourth-order valence-corrected chi connectivity index (χ4v) is 2.80. The molecule has 21 heavy (non-hydrogen) atoms. The highest BCUT2D eigenvalue weighted by Crippen LogP contribution is 2.23. The number of hydrogen-bond donors (Lipinski definition) is 1. The molecule has 0 spiro atoms. The molecule has 3 rings (SSSR count). The van der Waals surface area contributed by atoms with Crippen LogP contribution in [0.15, 0.2) is 47.8 Å². The van der Waals surface area contributed by atoms with Crippen molar-refractivity contribution in [2.24, 2.45) is 0 Å². The molecule has 0 aliphatic carbocycles. The van der Waals surface area contributed by atoms with Crippen LogP contribution < -0.4 is 0 Å². The van der Waals surface area contributed by atoms with Crippen molar-refractivity contribution in [1.29, 1.82) is 0 Å². The number of nitrogens with zero attached hydrogens (tertiary/aromatic N) is 3. The number of sulfone groups is 1. The van der Waals surface area contributed by atoms with Crippen LogP contribution in [-0.4, -0.2) is 34.4 Å². The first kappa shape index (κ1) is 13.7. The van der Waals surface area contributed by atoms with E-state index in [1.165, 1.54) is 12.6 Å². The largest absolute Gasteiger partial charge is 0.392 e. The summed E-state index contributed by atoms with van der Waals surface area (Å²) in [6, 6.07) is 8.41. The van der Waals surface area contributed by atoms with Gasteiger partial charge in [0.1, 0.15) is 6.33 Å². The Labute approximate surface area is 121 Å². The SMILES string of the molecule is CS(=O)(=O)c1ccc(-c2cc(CO)c3ncnn3c2)cc1. The van der Waals surface area contributed by atoms with Crippen molar-refractivity contribution in [1.82, 2.24) is 14.6 Å². The van der Waals surface area contributed by atoms with Crippen LogP contribution in [0.1, 0.15) is 5.56 Å². The minimum atomic E-state index is -3.21. The Morgan fingerprint density at radius 2 is 1.90 bits per heavy atom. The Balaban J connectivity index is 2.12. The highest BCUT2D eigenvalue weighted by Gasteiger charge is 2.10. The van der Waals surface area contributed by atoms with E-state index in [1.807, 2.05) is 6.07 Å². The predicted molar refractivity (Wildman–Crippen MR) is 77.5 cm³/mol. The van der Waals surface area contributed by atoms with Crippen molar-refractivity contribution in [2.75, 3.05) is 6.26 Å². The van der Waals surface area contributed by atoms with Gasteiger partial charge in [-0.05, 0) is 23.8 Å². The fraction of sp³-hybridized carbons (Fsp3) is 0.143. The van der Waals surface area contributed by atoms with Crippen molar-refractivity contribution in [3.8, 4) is 11.1 Å². The van der Waals surface area contributed by atoms with Gasteiger partial charge in [0, 0.05) is 23.6 Å². The minimum Gasteiger partial charge on any atom is -0.392 e. The number of pyridine rings is 1. The predicted octanol–water partition coefficient (Wildman–Crippen LogP) is 1.29. The fourth-order valence-electron chi connectivity index (χ4n) is 2.16. The number of hydrogen-bond acceptors (Lipinski definition) is 5. The molecular formula is C14H13N3O3S. The summed E-state index contributed by atoms with van der Waals surface area (Å²) in [5.41, 5.74) is 2.94. The van der Waals surface area contributed by atoms with Crippen LogP contribution in [0.3, 0.4) is 0 Å². The molecular weight excluding hydrogens is 290 g/mol. The second-order valence-corrected chi connectivity index (χ2v) is 6.75. The molecule has 108 valence electrons. The quantitative estimate of drug-likeness (QED) is 0.788. The molecule has 0 saturated carbocycles. The molecule has 2 aromatic heterocycles. The van der Waals surface area contributed by atoms with Gasteiger partial charge in [-0.2, -0.15) is 5.10 Å². The van der Waals surface area contributed by atoms with E-state index in [1.54, 1.807) is 35.0 Å². The molecule has 0 fully saturated rings. The van der Waals surface area contributed by atoms with E-state index in [4.69, 9.17) is 0 Å². The van der Waals surface area contributed by atoms with Gasteiger partial charge >= 0.3 is 0 Å². The van der Waals surface area contributed by atoms with E-state index < -0.39 is 9.84 Å². The zero-order valence-electron chi connectivity index (χ0n) is 11.3. The first-order chi connectivity index (χ1) is 9.99. The molecule has 0 bridgehead atoms. The van der Waals surface area contributed by atoms with Gasteiger partial charge in [0.2, 0.25) is 0 Å². The van der Waals surface area contributed by atoms with E-state index >= 15 is 0 Å². The molecule has 6 nitrogen and oxygen atoms in total. The Kier molecular flexibility index (Phi) is 3.23. The maximum Gasteiger partial charge on any atom is 0.175 e. The summed E-state index contributed by atoms with van der Waals surface area (Å²) in [6.07, 6.45) is 4.38. The van der Waals surface area contributed by atoms with Gasteiger partial charge in [-0.1, -0.05) is 12.1 Å². The van der Waals surface area contributed by atoms with Gasteiger partial charge in [0.05, 0.1) is 11.5 Å². The molecule has 3 aromatic rings. The van der Waals surface area contributed by atoms with E-state index in [0.717, 1.165) is 11.1 Å². The van der Waals surface area contributed by atoms with Crippen molar-refractivity contribution in [3.05, 3.63) is 48.4 Å². The molecule has 0 aliphatic heterocycles. The summed E-state index contributed by atoms with van der Waals surface area (Å²) in [4.78, 5) is 4.36. The third-order valence-corrected chi connectivity index (χ3v) is 4.37. The summed E-state index contributed by atoms with van der Waals surface area (Å²) in [6.45, 7) is -0.141. The van der Waals surface area contributed by atoms with Crippen molar-refractivity contribution in [3.63, 3.8) is 0 Å². The van der Waals surface area contributed by atoms with E-state index in [9.17, 15) is 13.5 Å². The maximum atomic E-state index is 11.5.